The first-order chi connectivity index (χ1) is 9.91. The fourth-order valence-electron chi connectivity index (χ4n) is 2.20. The molecule has 0 atom stereocenters. The van der Waals surface area contributed by atoms with Gasteiger partial charge in [0.05, 0.1) is 15.9 Å². The second-order valence-corrected chi connectivity index (χ2v) is 7.39. The molecule has 1 N–H and O–H groups in total. The van der Waals surface area contributed by atoms with E-state index in [0.717, 1.165) is 22.4 Å². The molecule has 4 nitrogen and oxygen atoms in total. The molecule has 0 aliphatic rings. The molecular weight excluding hydrogens is 308 g/mol. The summed E-state index contributed by atoms with van der Waals surface area (Å²) in [6.45, 7) is 0. The summed E-state index contributed by atoms with van der Waals surface area (Å²) < 4.78 is 23.1. The van der Waals surface area contributed by atoms with E-state index in [9.17, 15) is 8.42 Å². The Morgan fingerprint density at radius 3 is 2.71 bits per heavy atom. The second-order valence-electron chi connectivity index (χ2n) is 4.94. The number of benzene rings is 2. The van der Waals surface area contributed by atoms with Crippen molar-refractivity contribution in [2.75, 3.05) is 6.26 Å². The molecule has 3 aromatic rings. The summed E-state index contributed by atoms with van der Waals surface area (Å²) in [4.78, 5) is 7.91. The van der Waals surface area contributed by atoms with Crippen LogP contribution in [0.3, 0.4) is 0 Å². The number of rotatable bonds is 3. The standard InChI is InChI=1S/C15H13ClN2O2S/c1-21(19,20)12-5-6-13-14(9-12)18-15(17-13)8-10-3-2-4-11(16)7-10/h2-7,9H,8H2,1H3,(H,17,18). The maximum Gasteiger partial charge on any atom is 0.175 e. The summed E-state index contributed by atoms with van der Waals surface area (Å²) in [5.41, 5.74) is 2.51. The van der Waals surface area contributed by atoms with Gasteiger partial charge in [0.2, 0.25) is 0 Å². The number of sulfone groups is 1. The summed E-state index contributed by atoms with van der Waals surface area (Å²) in [6.07, 6.45) is 1.81. The van der Waals surface area contributed by atoms with Gasteiger partial charge in [0.15, 0.2) is 9.84 Å². The fraction of sp³-hybridized carbons (Fsp3) is 0.133. The van der Waals surface area contributed by atoms with Crippen molar-refractivity contribution < 1.29 is 8.42 Å². The molecule has 0 aliphatic carbocycles. The minimum absolute atomic E-state index is 0.285. The minimum atomic E-state index is -3.21. The van der Waals surface area contributed by atoms with E-state index in [1.54, 1.807) is 18.2 Å². The third-order valence-corrected chi connectivity index (χ3v) is 4.54. The van der Waals surface area contributed by atoms with Gasteiger partial charge in [-0.1, -0.05) is 23.7 Å². The van der Waals surface area contributed by atoms with Crippen molar-refractivity contribution >= 4 is 32.5 Å². The first-order valence-corrected chi connectivity index (χ1v) is 8.62. The van der Waals surface area contributed by atoms with Gasteiger partial charge in [0.1, 0.15) is 5.82 Å². The lowest BCUT2D eigenvalue weighted by molar-refractivity contribution is 0.602. The molecule has 3 rings (SSSR count). The van der Waals surface area contributed by atoms with E-state index in [2.05, 4.69) is 9.97 Å². The van der Waals surface area contributed by atoms with Crippen LogP contribution in [0.2, 0.25) is 5.02 Å². The third kappa shape index (κ3) is 3.09. The van der Waals surface area contributed by atoms with E-state index in [4.69, 9.17) is 11.6 Å². The van der Waals surface area contributed by atoms with Crippen molar-refractivity contribution in [3.8, 4) is 0 Å². The highest BCUT2D eigenvalue weighted by Crippen LogP contribution is 2.19. The average Bonchev–Trinajstić information content (AvgIpc) is 2.78. The van der Waals surface area contributed by atoms with E-state index < -0.39 is 9.84 Å². The molecule has 1 aromatic heterocycles. The van der Waals surface area contributed by atoms with E-state index in [0.29, 0.717) is 11.4 Å². The Morgan fingerprint density at radius 2 is 2.00 bits per heavy atom. The van der Waals surface area contributed by atoms with Crippen LogP contribution in [0.25, 0.3) is 11.0 Å². The lowest BCUT2D eigenvalue weighted by Crippen LogP contribution is -1.96. The summed E-state index contributed by atoms with van der Waals surface area (Å²) in [7, 11) is -3.21. The number of H-pyrrole nitrogens is 1. The number of imidazole rings is 1. The Labute approximate surface area is 127 Å². The molecule has 0 unspecified atom stereocenters. The molecule has 2 aromatic carbocycles. The van der Waals surface area contributed by atoms with Crippen LogP contribution in [0.4, 0.5) is 0 Å². The summed E-state index contributed by atoms with van der Waals surface area (Å²) in [5.74, 6) is 0.776. The van der Waals surface area contributed by atoms with Crippen LogP contribution in [0.15, 0.2) is 47.4 Å². The van der Waals surface area contributed by atoms with E-state index in [-0.39, 0.29) is 4.90 Å². The largest absolute Gasteiger partial charge is 0.342 e. The molecule has 21 heavy (non-hydrogen) atoms. The van der Waals surface area contributed by atoms with Crippen molar-refractivity contribution in [1.29, 1.82) is 0 Å². The van der Waals surface area contributed by atoms with Crippen LogP contribution in [-0.2, 0) is 16.3 Å². The monoisotopic (exact) mass is 320 g/mol. The number of halogens is 1. The fourth-order valence-corrected chi connectivity index (χ4v) is 3.06. The van der Waals surface area contributed by atoms with Gasteiger partial charge in [-0.25, -0.2) is 13.4 Å². The number of nitrogens with zero attached hydrogens (tertiary/aromatic N) is 1. The van der Waals surface area contributed by atoms with E-state index in [1.165, 1.54) is 6.26 Å². The minimum Gasteiger partial charge on any atom is -0.342 e. The zero-order chi connectivity index (χ0) is 15.0. The topological polar surface area (TPSA) is 62.8 Å². The van der Waals surface area contributed by atoms with E-state index in [1.807, 2.05) is 24.3 Å². The molecule has 108 valence electrons. The lowest BCUT2D eigenvalue weighted by atomic mass is 10.1. The van der Waals surface area contributed by atoms with E-state index >= 15 is 0 Å². The molecule has 0 fully saturated rings. The zero-order valence-corrected chi connectivity index (χ0v) is 12.9. The maximum absolute atomic E-state index is 11.6. The number of aromatic nitrogens is 2. The van der Waals surface area contributed by atoms with Crippen molar-refractivity contribution in [3.05, 3.63) is 58.9 Å². The van der Waals surface area contributed by atoms with Crippen LogP contribution in [0, 0.1) is 0 Å². The van der Waals surface area contributed by atoms with Crippen LogP contribution in [0.5, 0.6) is 0 Å². The number of nitrogens with one attached hydrogen (secondary N) is 1. The Hall–Kier alpha value is -1.85. The second kappa shape index (κ2) is 5.16. The van der Waals surface area contributed by atoms with Gasteiger partial charge in [-0.3, -0.25) is 0 Å². The zero-order valence-electron chi connectivity index (χ0n) is 11.3. The van der Waals surface area contributed by atoms with Crippen molar-refractivity contribution in [2.24, 2.45) is 0 Å². The van der Waals surface area contributed by atoms with Gasteiger partial charge in [-0.15, -0.1) is 0 Å². The molecule has 0 bridgehead atoms. The van der Waals surface area contributed by atoms with Crippen molar-refractivity contribution in [1.82, 2.24) is 9.97 Å². The first-order valence-electron chi connectivity index (χ1n) is 6.35. The highest BCUT2D eigenvalue weighted by atomic mass is 35.5. The Bertz CT molecular complexity index is 916. The Morgan fingerprint density at radius 1 is 1.19 bits per heavy atom. The molecule has 0 amide bonds. The molecule has 0 saturated heterocycles. The SMILES string of the molecule is CS(=O)(=O)c1ccc2nc(Cc3cccc(Cl)c3)[nH]c2c1. The number of aromatic amines is 1. The summed E-state index contributed by atoms with van der Waals surface area (Å²) >= 11 is 5.96. The maximum atomic E-state index is 11.6. The molecular formula is C15H13ClN2O2S. The molecule has 1 heterocycles. The Balaban J connectivity index is 1.98. The number of hydrogen-bond acceptors (Lipinski definition) is 3. The highest BCUT2D eigenvalue weighted by molar-refractivity contribution is 7.90. The number of hydrogen-bond donors (Lipinski definition) is 1. The smallest absolute Gasteiger partial charge is 0.175 e. The van der Waals surface area contributed by atoms with Gasteiger partial charge >= 0.3 is 0 Å². The van der Waals surface area contributed by atoms with Crippen LogP contribution < -0.4 is 0 Å². The van der Waals surface area contributed by atoms with Gasteiger partial charge < -0.3 is 4.98 Å². The average molecular weight is 321 g/mol. The predicted molar refractivity (Wildman–Crippen MR) is 83.5 cm³/mol. The third-order valence-electron chi connectivity index (χ3n) is 3.19. The first kappa shape index (κ1) is 14.1. The molecule has 0 radical (unpaired) electrons. The van der Waals surface area contributed by atoms with Crippen LogP contribution in [-0.4, -0.2) is 24.6 Å². The van der Waals surface area contributed by atoms with Gasteiger partial charge in [0.25, 0.3) is 0 Å². The highest BCUT2D eigenvalue weighted by Gasteiger charge is 2.10. The molecule has 0 aliphatic heterocycles. The van der Waals surface area contributed by atoms with Gasteiger partial charge in [-0.05, 0) is 35.9 Å². The predicted octanol–water partition coefficient (Wildman–Crippen LogP) is 3.21. The molecule has 6 heteroatoms. The summed E-state index contributed by atoms with van der Waals surface area (Å²) in [6, 6.07) is 12.5. The number of fused-ring (bicyclic) bond motifs is 1. The van der Waals surface area contributed by atoms with Gasteiger partial charge in [-0.2, -0.15) is 0 Å². The lowest BCUT2D eigenvalue weighted by Gasteiger charge is -1.98. The van der Waals surface area contributed by atoms with Crippen molar-refractivity contribution in [3.63, 3.8) is 0 Å². The van der Waals surface area contributed by atoms with Crippen molar-refractivity contribution in [2.45, 2.75) is 11.3 Å². The van der Waals surface area contributed by atoms with Crippen LogP contribution >= 0.6 is 11.6 Å². The Kier molecular flexibility index (Phi) is 3.47. The summed E-state index contributed by atoms with van der Waals surface area (Å²) in [5, 5.41) is 0.683. The molecule has 0 saturated carbocycles. The quantitative estimate of drug-likeness (QED) is 0.806. The normalized spacial score (nSPS) is 11.9. The van der Waals surface area contributed by atoms with Crippen LogP contribution in [0.1, 0.15) is 11.4 Å². The van der Waals surface area contributed by atoms with Gasteiger partial charge in [0, 0.05) is 17.7 Å². The molecule has 0 spiro atoms.